The zero-order valence-electron chi connectivity index (χ0n) is 42.8. The molecule has 16 aromatic rings. The van der Waals surface area contributed by atoms with Gasteiger partial charge in [0, 0.05) is 55.1 Å². The van der Waals surface area contributed by atoms with Gasteiger partial charge in [-0.15, -0.1) is 0 Å². The summed E-state index contributed by atoms with van der Waals surface area (Å²) in [6.45, 7) is 6.84. The molecule has 0 spiro atoms. The smallest absolute Gasteiger partial charge is 0.137 e. The van der Waals surface area contributed by atoms with Crippen LogP contribution >= 0.6 is 0 Å². The van der Waals surface area contributed by atoms with Gasteiger partial charge in [0.05, 0.1) is 38.7 Å². The molecule has 5 heteroatoms. The predicted molar refractivity (Wildman–Crippen MR) is 324 cm³/mol. The largest absolute Gasteiger partial charge is 0.456 e. The van der Waals surface area contributed by atoms with Gasteiger partial charge in [0.2, 0.25) is 0 Å². The second-order valence-corrected chi connectivity index (χ2v) is 21.7. The highest BCUT2D eigenvalue weighted by molar-refractivity contribution is 6.27. The minimum absolute atomic E-state index is 0.0585. The van der Waals surface area contributed by atoms with Gasteiger partial charge in [-0.05, 0) is 165 Å². The molecule has 77 heavy (non-hydrogen) atoms. The lowest BCUT2D eigenvalue weighted by atomic mass is 9.86. The lowest BCUT2D eigenvalue weighted by molar-refractivity contribution is 0.590. The van der Waals surface area contributed by atoms with Gasteiger partial charge in [0.15, 0.2) is 0 Å². The van der Waals surface area contributed by atoms with E-state index < -0.39 is 0 Å². The van der Waals surface area contributed by atoms with Crippen molar-refractivity contribution in [2.24, 2.45) is 0 Å². The van der Waals surface area contributed by atoms with Gasteiger partial charge >= 0.3 is 0 Å². The molecule has 0 saturated carbocycles. The molecule has 0 unspecified atom stereocenters. The maximum Gasteiger partial charge on any atom is 0.137 e. The molecule has 0 bridgehead atoms. The normalized spacial score (nSPS) is 12.4. The summed E-state index contributed by atoms with van der Waals surface area (Å²) in [5, 5.41) is 14.0. The number of para-hydroxylation sites is 4. The summed E-state index contributed by atoms with van der Waals surface area (Å²) in [4.78, 5) is 4.76. The highest BCUT2D eigenvalue weighted by Crippen LogP contribution is 2.48. The molecule has 0 atom stereocenters. The van der Waals surface area contributed by atoms with E-state index in [1.54, 1.807) is 0 Å². The topological polar surface area (TPSA) is 37.2 Å². The fourth-order valence-electron chi connectivity index (χ4n) is 12.5. The first-order chi connectivity index (χ1) is 37.8. The Morgan fingerprint density at radius 1 is 0.325 bits per heavy atom. The maximum atomic E-state index is 6.45. The van der Waals surface area contributed by atoms with Gasteiger partial charge in [-0.25, -0.2) is 0 Å². The number of benzene rings is 12. The van der Waals surface area contributed by atoms with Crippen LogP contribution in [0.1, 0.15) is 26.3 Å². The second-order valence-electron chi connectivity index (χ2n) is 21.7. The van der Waals surface area contributed by atoms with Crippen LogP contribution in [0, 0.1) is 0 Å². The zero-order chi connectivity index (χ0) is 51.1. The Morgan fingerprint density at radius 3 is 1.26 bits per heavy atom. The minimum atomic E-state index is 0.0585. The molecule has 0 aliphatic carbocycles. The molecular formula is C72H49N3O2. The van der Waals surface area contributed by atoms with Crippen molar-refractivity contribution in [2.45, 2.75) is 26.2 Å². The Morgan fingerprint density at radius 2 is 0.779 bits per heavy atom. The molecule has 0 saturated heterocycles. The number of aromatic nitrogens is 1. The molecule has 0 fully saturated rings. The van der Waals surface area contributed by atoms with Crippen molar-refractivity contribution in [2.75, 3.05) is 9.80 Å². The van der Waals surface area contributed by atoms with Gasteiger partial charge in [-0.2, -0.15) is 0 Å². The molecule has 4 heterocycles. The van der Waals surface area contributed by atoms with Crippen molar-refractivity contribution in [3.05, 3.63) is 248 Å². The zero-order valence-corrected chi connectivity index (χ0v) is 42.8. The molecule has 364 valence electrons. The Labute approximate surface area is 444 Å². The number of furan rings is 2. The van der Waals surface area contributed by atoms with Crippen molar-refractivity contribution in [1.29, 1.82) is 0 Å². The Kier molecular flexibility index (Phi) is 9.24. The van der Waals surface area contributed by atoms with E-state index in [0.29, 0.717) is 0 Å². The van der Waals surface area contributed by atoms with Crippen LogP contribution in [-0.2, 0) is 5.41 Å². The number of fused-ring (bicyclic) bond motifs is 14. The third kappa shape index (κ3) is 6.66. The van der Waals surface area contributed by atoms with Crippen LogP contribution in [0.4, 0.5) is 34.1 Å². The van der Waals surface area contributed by atoms with Crippen molar-refractivity contribution in [3.63, 3.8) is 0 Å². The van der Waals surface area contributed by atoms with Gasteiger partial charge in [0.1, 0.15) is 22.3 Å². The van der Waals surface area contributed by atoms with Crippen molar-refractivity contribution >= 4 is 138 Å². The molecule has 0 N–H and O–H groups in total. The van der Waals surface area contributed by atoms with Gasteiger partial charge in [-0.3, -0.25) is 0 Å². The summed E-state index contributed by atoms with van der Waals surface area (Å²) in [7, 11) is 0. The number of hydrogen-bond acceptors (Lipinski definition) is 4. The van der Waals surface area contributed by atoms with E-state index >= 15 is 0 Å². The first kappa shape index (κ1) is 43.5. The fraction of sp³-hybridized carbons (Fsp3) is 0.0556. The molecule has 0 radical (unpaired) electrons. The summed E-state index contributed by atoms with van der Waals surface area (Å²) < 4.78 is 15.4. The molecular weight excluding hydrogens is 939 g/mol. The van der Waals surface area contributed by atoms with Gasteiger partial charge in [0.25, 0.3) is 0 Å². The summed E-state index contributed by atoms with van der Waals surface area (Å²) >= 11 is 0. The average molecular weight is 988 g/mol. The fourth-order valence-corrected chi connectivity index (χ4v) is 12.5. The number of rotatable bonds is 7. The SMILES string of the molecule is CC(C)(C)c1ccc(-c2cc3c4cc5ccc(N(c6ccccc6)c6cccc7oc8ccccc8c67)cc5cc4n4c5cc6cc(N(c7ccccc7)c7cccc8oc9ccccc9c78)ccc6cc5c(c2)c34)cc1. The van der Waals surface area contributed by atoms with E-state index in [1.807, 2.05) is 12.1 Å². The number of hydrogen-bond donors (Lipinski definition) is 0. The monoisotopic (exact) mass is 987 g/mol. The standard InChI is InChI=1S/C72H49N3O2/c1-72(2,3)50-32-28-44(29-33-50)49-40-59-57-38-45-30-34-53(73(51-16-6-4-7-17-51)61-22-14-26-67-69(61)55-20-10-12-24-65(55)76-67)36-47(45)42-63(57)75-64-43-48-37-54(35-31-46(48)39-58(64)60(41-49)71(59)75)74(52-18-8-5-9-19-52)62-23-15-27-68-70(62)56-21-11-13-25-66(56)77-68/h4-43H,1-3H3. The van der Waals surface area contributed by atoms with Crippen LogP contribution in [0.2, 0.25) is 0 Å². The third-order valence-corrected chi connectivity index (χ3v) is 16.1. The number of nitrogens with zero attached hydrogens (tertiary/aromatic N) is 3. The molecule has 0 aliphatic rings. The summed E-state index contributed by atoms with van der Waals surface area (Å²) in [5.41, 5.74) is 17.3. The van der Waals surface area contributed by atoms with Crippen LogP contribution in [0.25, 0.3) is 115 Å². The molecule has 16 rings (SSSR count). The minimum Gasteiger partial charge on any atom is -0.456 e. The van der Waals surface area contributed by atoms with E-state index in [9.17, 15) is 0 Å². The van der Waals surface area contributed by atoms with E-state index in [-0.39, 0.29) is 5.41 Å². The van der Waals surface area contributed by atoms with E-state index in [0.717, 1.165) is 88.8 Å². The number of anilines is 6. The van der Waals surface area contributed by atoms with Gasteiger partial charge < -0.3 is 23.0 Å². The van der Waals surface area contributed by atoms with Crippen molar-refractivity contribution in [1.82, 2.24) is 4.40 Å². The van der Waals surface area contributed by atoms with Crippen LogP contribution in [0.3, 0.4) is 0 Å². The van der Waals surface area contributed by atoms with Crippen LogP contribution in [0.5, 0.6) is 0 Å². The lowest BCUT2D eigenvalue weighted by Gasteiger charge is -2.26. The molecule has 0 aliphatic heterocycles. The highest BCUT2D eigenvalue weighted by Gasteiger charge is 2.25. The lowest BCUT2D eigenvalue weighted by Crippen LogP contribution is -2.10. The van der Waals surface area contributed by atoms with E-state index in [2.05, 4.69) is 265 Å². The van der Waals surface area contributed by atoms with Gasteiger partial charge in [-0.1, -0.05) is 142 Å². The molecule has 4 aromatic heterocycles. The van der Waals surface area contributed by atoms with Crippen molar-refractivity contribution in [3.8, 4) is 11.1 Å². The van der Waals surface area contributed by atoms with E-state index in [4.69, 9.17) is 8.83 Å². The van der Waals surface area contributed by atoms with Crippen LogP contribution < -0.4 is 9.80 Å². The third-order valence-electron chi connectivity index (χ3n) is 16.1. The first-order valence-electron chi connectivity index (χ1n) is 26.6. The summed E-state index contributed by atoms with van der Waals surface area (Å²) in [6.07, 6.45) is 0. The molecule has 0 amide bonds. The second kappa shape index (κ2) is 16.3. The quantitative estimate of drug-likeness (QED) is 0.159. The molecule has 12 aromatic carbocycles. The van der Waals surface area contributed by atoms with Crippen LogP contribution in [-0.4, -0.2) is 4.40 Å². The van der Waals surface area contributed by atoms with E-state index in [1.165, 1.54) is 65.6 Å². The predicted octanol–water partition coefficient (Wildman–Crippen LogP) is 20.8. The highest BCUT2D eigenvalue weighted by atomic mass is 16.3. The van der Waals surface area contributed by atoms with Crippen LogP contribution in [0.15, 0.2) is 251 Å². The summed E-state index contributed by atoms with van der Waals surface area (Å²) in [5.74, 6) is 0. The average Bonchev–Trinajstić information content (AvgIpc) is 4.43. The first-order valence-corrected chi connectivity index (χ1v) is 26.6. The Balaban J connectivity index is 0.938. The van der Waals surface area contributed by atoms with Crippen molar-refractivity contribution < 1.29 is 8.83 Å². The maximum absolute atomic E-state index is 6.45. The Hall–Kier alpha value is -9.84. The summed E-state index contributed by atoms with van der Waals surface area (Å²) in [6, 6.07) is 88.5. The Bertz CT molecular complexity index is 4740. The molecule has 5 nitrogen and oxygen atoms in total.